The first-order chi connectivity index (χ1) is 38.7. The van der Waals surface area contributed by atoms with Gasteiger partial charge in [-0.2, -0.15) is 0 Å². The standard InChI is InChI=1S/C76H51NO/c1-5-17-59(18-6-1)75(60-19-7-2-8-20-60)70-27-15-13-25-66(70)68-50-56(35-44-72(68)75)53-31-40-64(41-32-53)77(63-38-29-52(30-39-63)55-37-46-74-58(49-55)47-48-78-74)65-42-33-54(34-43-65)57-36-45-73-69(51-57)67-26-14-16-28-71(67)76(73,61-21-9-3-10-22-61)62-23-11-4-12-24-62/h1-51H. The Kier molecular flexibility index (Phi) is 10.7. The van der Waals surface area contributed by atoms with Crippen LogP contribution >= 0.6 is 0 Å². The molecule has 0 spiro atoms. The summed E-state index contributed by atoms with van der Waals surface area (Å²) in [5.74, 6) is 0. The predicted octanol–water partition coefficient (Wildman–Crippen LogP) is 19.6. The second kappa shape index (κ2) is 18.4. The molecule has 2 aliphatic carbocycles. The fourth-order valence-corrected chi connectivity index (χ4v) is 13.3. The van der Waals surface area contributed by atoms with Crippen LogP contribution in [0.1, 0.15) is 44.5 Å². The normalized spacial score (nSPS) is 13.3. The molecule has 0 bridgehead atoms. The first kappa shape index (κ1) is 45.4. The van der Waals surface area contributed by atoms with Crippen molar-refractivity contribution in [1.82, 2.24) is 0 Å². The molecule has 0 unspecified atom stereocenters. The molecule has 0 radical (unpaired) electrons. The van der Waals surface area contributed by atoms with Crippen molar-refractivity contribution < 1.29 is 4.42 Å². The van der Waals surface area contributed by atoms with Crippen molar-refractivity contribution in [2.75, 3.05) is 4.90 Å². The highest BCUT2D eigenvalue weighted by Crippen LogP contribution is 2.58. The molecule has 0 N–H and O–H groups in total. The molecule has 0 amide bonds. The van der Waals surface area contributed by atoms with E-state index in [4.69, 9.17) is 4.42 Å². The average Bonchev–Trinajstić information content (AvgIpc) is 3.97. The highest BCUT2D eigenvalue weighted by molar-refractivity contribution is 5.92. The smallest absolute Gasteiger partial charge is 0.133 e. The molecule has 0 saturated carbocycles. The summed E-state index contributed by atoms with van der Waals surface area (Å²) in [5, 5.41) is 1.09. The molecule has 78 heavy (non-hydrogen) atoms. The third kappa shape index (κ3) is 7.04. The van der Waals surface area contributed by atoms with Crippen LogP contribution in [0.3, 0.4) is 0 Å². The Morgan fingerprint density at radius 1 is 0.244 bits per heavy atom. The second-order valence-electron chi connectivity index (χ2n) is 20.7. The maximum Gasteiger partial charge on any atom is 0.133 e. The lowest BCUT2D eigenvalue weighted by atomic mass is 9.67. The summed E-state index contributed by atoms with van der Waals surface area (Å²) in [7, 11) is 0. The van der Waals surface area contributed by atoms with E-state index in [9.17, 15) is 0 Å². The number of anilines is 3. The summed E-state index contributed by atoms with van der Waals surface area (Å²) < 4.78 is 5.67. The minimum atomic E-state index is -0.433. The number of hydrogen-bond donors (Lipinski definition) is 0. The molecule has 13 aromatic rings. The molecule has 1 heterocycles. The molecule has 1 aromatic heterocycles. The Bertz CT molecular complexity index is 4030. The van der Waals surface area contributed by atoms with Gasteiger partial charge in [0.25, 0.3) is 0 Å². The lowest BCUT2D eigenvalue weighted by Gasteiger charge is -2.33. The Labute approximate surface area is 455 Å². The van der Waals surface area contributed by atoms with Crippen LogP contribution in [0.4, 0.5) is 17.1 Å². The molecule has 366 valence electrons. The largest absolute Gasteiger partial charge is 0.464 e. The molecule has 2 heteroatoms. The van der Waals surface area contributed by atoms with Crippen molar-refractivity contribution in [3.8, 4) is 55.6 Å². The summed E-state index contributed by atoms with van der Waals surface area (Å²) in [5.41, 5.74) is 25.7. The van der Waals surface area contributed by atoms with E-state index in [1.807, 2.05) is 6.07 Å². The molecule has 0 fully saturated rings. The fraction of sp³-hybridized carbons (Fsp3) is 0.0263. The maximum absolute atomic E-state index is 5.67. The number of fused-ring (bicyclic) bond motifs is 7. The first-order valence-corrected chi connectivity index (χ1v) is 27.0. The van der Waals surface area contributed by atoms with Gasteiger partial charge in [0.2, 0.25) is 0 Å². The van der Waals surface area contributed by atoms with Crippen LogP contribution < -0.4 is 4.90 Å². The Morgan fingerprint density at radius 3 is 0.962 bits per heavy atom. The minimum absolute atomic E-state index is 0.433. The van der Waals surface area contributed by atoms with Crippen molar-refractivity contribution in [3.63, 3.8) is 0 Å². The van der Waals surface area contributed by atoms with Crippen molar-refractivity contribution >= 4 is 28.0 Å². The van der Waals surface area contributed by atoms with E-state index >= 15 is 0 Å². The zero-order valence-electron chi connectivity index (χ0n) is 42.8. The van der Waals surface area contributed by atoms with Crippen LogP contribution in [0.25, 0.3) is 66.6 Å². The van der Waals surface area contributed by atoms with E-state index in [1.165, 1.54) is 77.9 Å². The van der Waals surface area contributed by atoms with Crippen molar-refractivity contribution in [3.05, 3.63) is 354 Å². The molecule has 0 aliphatic heterocycles. The number of hydrogen-bond acceptors (Lipinski definition) is 2. The maximum atomic E-state index is 5.67. The average molecular weight is 994 g/mol. The van der Waals surface area contributed by atoms with Gasteiger partial charge in [-0.05, 0) is 167 Å². The highest BCUT2D eigenvalue weighted by atomic mass is 16.3. The van der Waals surface area contributed by atoms with Crippen molar-refractivity contribution in [1.29, 1.82) is 0 Å². The SMILES string of the molecule is c1ccc(C2(c3ccccc3)c3ccccc3-c3cc(-c4ccc(N(c5ccc(-c6ccc7c(c6)-c6ccccc6C7(c6ccccc6)c6ccccc6)cc5)c5ccc(-c6ccc7occc7c6)cc5)cc4)ccc32)cc1. The van der Waals surface area contributed by atoms with E-state index in [1.54, 1.807) is 6.26 Å². The third-order valence-electron chi connectivity index (χ3n) is 16.7. The Morgan fingerprint density at radius 2 is 0.564 bits per heavy atom. The van der Waals surface area contributed by atoms with E-state index in [0.29, 0.717) is 0 Å². The van der Waals surface area contributed by atoms with Crippen molar-refractivity contribution in [2.24, 2.45) is 0 Å². The van der Waals surface area contributed by atoms with Gasteiger partial charge in [-0.25, -0.2) is 0 Å². The summed E-state index contributed by atoms with van der Waals surface area (Å²) >= 11 is 0. The van der Waals surface area contributed by atoms with Gasteiger partial charge in [0.15, 0.2) is 0 Å². The van der Waals surface area contributed by atoms with Gasteiger partial charge in [-0.1, -0.05) is 237 Å². The lowest BCUT2D eigenvalue weighted by molar-refractivity contribution is 0.616. The molecule has 0 saturated heterocycles. The molecule has 12 aromatic carbocycles. The quantitative estimate of drug-likeness (QED) is 0.136. The molecule has 0 atom stereocenters. The molecular weight excluding hydrogens is 943 g/mol. The Balaban J connectivity index is 0.811. The summed E-state index contributed by atoms with van der Waals surface area (Å²) in [6.07, 6.45) is 1.75. The first-order valence-electron chi connectivity index (χ1n) is 27.0. The summed E-state index contributed by atoms with van der Waals surface area (Å²) in [4.78, 5) is 2.37. The highest BCUT2D eigenvalue weighted by Gasteiger charge is 2.47. The number of benzene rings is 12. The predicted molar refractivity (Wildman–Crippen MR) is 322 cm³/mol. The van der Waals surface area contributed by atoms with Crippen molar-refractivity contribution in [2.45, 2.75) is 10.8 Å². The molecule has 2 nitrogen and oxygen atoms in total. The van der Waals surface area contributed by atoms with E-state index in [2.05, 4.69) is 302 Å². The van der Waals surface area contributed by atoms with E-state index < -0.39 is 10.8 Å². The lowest BCUT2D eigenvalue weighted by Crippen LogP contribution is -2.28. The monoisotopic (exact) mass is 993 g/mol. The second-order valence-corrected chi connectivity index (χ2v) is 20.7. The number of furan rings is 1. The minimum Gasteiger partial charge on any atom is -0.464 e. The number of nitrogens with zero attached hydrogens (tertiary/aromatic N) is 1. The van der Waals surface area contributed by atoms with Crippen LogP contribution in [0.2, 0.25) is 0 Å². The van der Waals surface area contributed by atoms with Crippen LogP contribution in [0, 0.1) is 0 Å². The summed E-state index contributed by atoms with van der Waals surface area (Å²) in [6.45, 7) is 0. The zero-order valence-corrected chi connectivity index (χ0v) is 42.8. The number of rotatable bonds is 10. The van der Waals surface area contributed by atoms with Gasteiger partial charge in [0, 0.05) is 22.4 Å². The summed E-state index contributed by atoms with van der Waals surface area (Å²) in [6, 6.07) is 112. The van der Waals surface area contributed by atoms with Crippen LogP contribution in [0.15, 0.2) is 314 Å². The van der Waals surface area contributed by atoms with Gasteiger partial charge in [0.1, 0.15) is 5.58 Å². The van der Waals surface area contributed by atoms with Crippen LogP contribution in [-0.4, -0.2) is 0 Å². The van der Waals surface area contributed by atoms with Gasteiger partial charge in [0.05, 0.1) is 17.1 Å². The van der Waals surface area contributed by atoms with Gasteiger partial charge >= 0.3 is 0 Å². The van der Waals surface area contributed by atoms with Gasteiger partial charge in [-0.15, -0.1) is 0 Å². The molecule has 15 rings (SSSR count). The van der Waals surface area contributed by atoms with E-state index in [0.717, 1.165) is 50.3 Å². The van der Waals surface area contributed by atoms with Gasteiger partial charge in [-0.3, -0.25) is 0 Å². The van der Waals surface area contributed by atoms with E-state index in [-0.39, 0.29) is 0 Å². The van der Waals surface area contributed by atoms with Gasteiger partial charge < -0.3 is 9.32 Å². The third-order valence-corrected chi connectivity index (χ3v) is 16.7. The fourth-order valence-electron chi connectivity index (χ4n) is 13.3. The topological polar surface area (TPSA) is 16.4 Å². The molecule has 2 aliphatic rings. The molecular formula is C76H51NO. The zero-order chi connectivity index (χ0) is 51.6. The van der Waals surface area contributed by atoms with Crippen LogP contribution in [0.5, 0.6) is 0 Å². The van der Waals surface area contributed by atoms with Crippen LogP contribution in [-0.2, 0) is 10.8 Å². The Hall–Kier alpha value is -10.0.